The van der Waals surface area contributed by atoms with Crippen molar-refractivity contribution in [3.05, 3.63) is 0 Å². The van der Waals surface area contributed by atoms with Crippen LogP contribution in [-0.2, 0) is 19.2 Å². The average Bonchev–Trinajstić information content (AvgIpc) is 3.11. The molecule has 0 saturated carbocycles. The minimum Gasteiger partial charge on any atom is -0.481 e. The summed E-state index contributed by atoms with van der Waals surface area (Å²) in [5, 5.41) is 62.5. The highest BCUT2D eigenvalue weighted by atomic mass is 16.4. The van der Waals surface area contributed by atoms with Gasteiger partial charge in [-0.3, -0.25) is 29.8 Å². The Morgan fingerprint density at radius 3 is 1.30 bits per heavy atom. The average molecular weight is 761 g/mol. The summed E-state index contributed by atoms with van der Waals surface area (Å²) in [4.78, 5) is 44.9. The molecule has 0 heterocycles. The predicted molar refractivity (Wildman–Crippen MR) is 210 cm³/mol. The van der Waals surface area contributed by atoms with E-state index in [2.05, 4.69) is 49.5 Å². The number of rotatable bonds is 43. The van der Waals surface area contributed by atoms with E-state index in [4.69, 9.17) is 5.11 Å². The summed E-state index contributed by atoms with van der Waals surface area (Å²) in [6.45, 7) is 11.9. The molecule has 0 spiro atoms. The van der Waals surface area contributed by atoms with Crippen LogP contribution >= 0.6 is 0 Å². The highest BCUT2D eigenvalue weighted by molar-refractivity contribution is 5.75. The Balaban J connectivity index is 3.46. The van der Waals surface area contributed by atoms with E-state index in [1.807, 2.05) is 0 Å². The quantitative estimate of drug-likeness (QED) is 0.0313. The van der Waals surface area contributed by atoms with Crippen molar-refractivity contribution in [2.75, 3.05) is 78.7 Å². The first kappa shape index (κ1) is 50.6. The molecule has 0 aliphatic heterocycles. The lowest BCUT2D eigenvalue weighted by molar-refractivity contribution is -0.141. The first-order valence-electron chi connectivity index (χ1n) is 20.3. The zero-order valence-corrected chi connectivity index (χ0v) is 32.7. The molecule has 0 aromatic rings. The molecule has 16 heteroatoms. The van der Waals surface area contributed by atoms with Gasteiger partial charge in [0.1, 0.15) is 18.1 Å². The number of unbranched alkanes of at least 4 members (excludes halogenated alkanes) is 9. The molecule has 0 aromatic carbocycles. The Morgan fingerprint density at radius 2 is 0.774 bits per heavy atom. The smallest absolute Gasteiger partial charge is 0.320 e. The molecule has 0 radical (unpaired) electrons. The standard InChI is InChI=1S/C37H76N8O8/c1-2-3-4-7-10-15-31(35(48)49)43-29-28-41-23-14-22-40-25-27-42-26-24-39-20-12-9-6-5-8-11-19-38-21-13-16-32(36(50)51)44-30-45-33(37(52)53)17-18-34(46)47/h31-33,38-45H,2-30H2,1H3,(H,46,47)(H,48,49)(H,50,51)(H,52,53). The molecule has 0 aromatic heterocycles. The zero-order valence-electron chi connectivity index (χ0n) is 32.7. The van der Waals surface area contributed by atoms with Crippen molar-refractivity contribution in [3.63, 3.8) is 0 Å². The molecule has 0 saturated heterocycles. The normalized spacial score (nSPS) is 13.2. The minimum atomic E-state index is -1.17. The summed E-state index contributed by atoms with van der Waals surface area (Å²) in [6, 6.07) is -2.31. The van der Waals surface area contributed by atoms with Gasteiger partial charge in [-0.15, -0.1) is 0 Å². The van der Waals surface area contributed by atoms with E-state index in [9.17, 15) is 34.5 Å². The fraction of sp³-hybridized carbons (Fsp3) is 0.892. The molecule has 53 heavy (non-hydrogen) atoms. The summed E-state index contributed by atoms with van der Waals surface area (Å²) in [5.41, 5.74) is 0. The Kier molecular flexibility index (Phi) is 36.1. The predicted octanol–water partition coefficient (Wildman–Crippen LogP) is 1.76. The van der Waals surface area contributed by atoms with Gasteiger partial charge in [-0.05, 0) is 77.7 Å². The van der Waals surface area contributed by atoms with Crippen molar-refractivity contribution in [1.82, 2.24) is 42.5 Å². The summed E-state index contributed by atoms with van der Waals surface area (Å²) < 4.78 is 0. The highest BCUT2D eigenvalue weighted by Crippen LogP contribution is 2.08. The lowest BCUT2D eigenvalue weighted by Crippen LogP contribution is -2.47. The van der Waals surface area contributed by atoms with E-state index in [0.29, 0.717) is 32.4 Å². The van der Waals surface area contributed by atoms with E-state index in [1.165, 1.54) is 44.9 Å². The molecule has 12 N–H and O–H groups in total. The lowest BCUT2D eigenvalue weighted by atomic mass is 10.1. The second kappa shape index (κ2) is 37.9. The van der Waals surface area contributed by atoms with Crippen LogP contribution < -0.4 is 42.5 Å². The van der Waals surface area contributed by atoms with Crippen LogP contribution in [0, 0.1) is 0 Å². The maximum absolute atomic E-state index is 11.5. The number of hydrogen-bond acceptors (Lipinski definition) is 12. The zero-order chi connectivity index (χ0) is 39.2. The SMILES string of the molecule is CCCCCCCC(NCCNCCCNCCNCCNCCCCCCCCNCCCC(NCNC(CCC(=O)O)C(=O)O)C(=O)O)C(=O)O. The second-order valence-corrected chi connectivity index (χ2v) is 13.7. The summed E-state index contributed by atoms with van der Waals surface area (Å²) in [6.07, 6.45) is 15.2. The highest BCUT2D eigenvalue weighted by Gasteiger charge is 2.20. The third-order valence-electron chi connectivity index (χ3n) is 8.99. The van der Waals surface area contributed by atoms with Gasteiger partial charge in [0.05, 0.1) is 0 Å². The van der Waals surface area contributed by atoms with Crippen molar-refractivity contribution in [1.29, 1.82) is 0 Å². The molecule has 0 aliphatic carbocycles. The summed E-state index contributed by atoms with van der Waals surface area (Å²) in [7, 11) is 0. The van der Waals surface area contributed by atoms with Crippen molar-refractivity contribution in [2.24, 2.45) is 0 Å². The van der Waals surface area contributed by atoms with E-state index < -0.39 is 42.0 Å². The van der Waals surface area contributed by atoms with Gasteiger partial charge in [-0.2, -0.15) is 0 Å². The van der Waals surface area contributed by atoms with E-state index >= 15 is 0 Å². The van der Waals surface area contributed by atoms with Crippen LogP contribution in [-0.4, -0.2) is 141 Å². The van der Waals surface area contributed by atoms with Gasteiger partial charge in [-0.25, -0.2) is 0 Å². The molecule has 16 nitrogen and oxygen atoms in total. The minimum absolute atomic E-state index is 0.0344. The molecule has 0 aliphatic rings. The van der Waals surface area contributed by atoms with Crippen LogP contribution in [0.2, 0.25) is 0 Å². The monoisotopic (exact) mass is 761 g/mol. The van der Waals surface area contributed by atoms with Crippen LogP contribution in [0.5, 0.6) is 0 Å². The molecule has 0 bridgehead atoms. The Morgan fingerprint density at radius 1 is 0.396 bits per heavy atom. The fourth-order valence-corrected chi connectivity index (χ4v) is 5.75. The number of carboxylic acids is 4. The fourth-order valence-electron chi connectivity index (χ4n) is 5.75. The van der Waals surface area contributed by atoms with Gasteiger partial charge in [-0.1, -0.05) is 64.7 Å². The molecule has 3 atom stereocenters. The van der Waals surface area contributed by atoms with Crippen molar-refractivity contribution in [3.8, 4) is 0 Å². The third kappa shape index (κ3) is 35.0. The van der Waals surface area contributed by atoms with Crippen molar-refractivity contribution < 1.29 is 39.6 Å². The van der Waals surface area contributed by atoms with Gasteiger partial charge < -0.3 is 52.3 Å². The van der Waals surface area contributed by atoms with Crippen molar-refractivity contribution in [2.45, 2.75) is 134 Å². The summed E-state index contributed by atoms with van der Waals surface area (Å²) >= 11 is 0. The van der Waals surface area contributed by atoms with Gasteiger partial charge in [0, 0.05) is 52.4 Å². The molecule has 0 fully saturated rings. The van der Waals surface area contributed by atoms with E-state index in [1.54, 1.807) is 0 Å². The van der Waals surface area contributed by atoms with E-state index in [0.717, 1.165) is 91.0 Å². The Labute approximate surface area is 318 Å². The van der Waals surface area contributed by atoms with Gasteiger partial charge >= 0.3 is 23.9 Å². The van der Waals surface area contributed by atoms with Crippen LogP contribution in [0.1, 0.15) is 116 Å². The molecular weight excluding hydrogens is 684 g/mol. The topological polar surface area (TPSA) is 245 Å². The first-order valence-corrected chi connectivity index (χ1v) is 20.3. The number of carbonyl (C=O) groups is 4. The third-order valence-corrected chi connectivity index (χ3v) is 8.99. The lowest BCUT2D eigenvalue weighted by Gasteiger charge is -2.18. The molecule has 3 unspecified atom stereocenters. The number of hydrogen-bond donors (Lipinski definition) is 12. The number of aliphatic carboxylic acids is 4. The first-order chi connectivity index (χ1) is 25.7. The number of nitrogens with one attached hydrogen (secondary N) is 8. The summed E-state index contributed by atoms with van der Waals surface area (Å²) in [5.74, 6) is -4.00. The maximum Gasteiger partial charge on any atom is 0.320 e. The van der Waals surface area contributed by atoms with Gasteiger partial charge in [0.25, 0.3) is 0 Å². The van der Waals surface area contributed by atoms with Crippen molar-refractivity contribution >= 4 is 23.9 Å². The van der Waals surface area contributed by atoms with Crippen LogP contribution in [0.15, 0.2) is 0 Å². The second-order valence-electron chi connectivity index (χ2n) is 13.7. The van der Waals surface area contributed by atoms with E-state index in [-0.39, 0.29) is 19.5 Å². The molecule has 312 valence electrons. The molecule has 0 rings (SSSR count). The Hall–Kier alpha value is -2.44. The molecular formula is C37H76N8O8. The number of carboxylic acid groups (broad SMARTS) is 4. The van der Waals surface area contributed by atoms with Crippen LogP contribution in [0.25, 0.3) is 0 Å². The van der Waals surface area contributed by atoms with Gasteiger partial charge in [0.15, 0.2) is 0 Å². The Bertz CT molecular complexity index is 905. The van der Waals surface area contributed by atoms with Crippen LogP contribution in [0.3, 0.4) is 0 Å². The largest absolute Gasteiger partial charge is 0.481 e. The molecule has 0 amide bonds. The van der Waals surface area contributed by atoms with Gasteiger partial charge in [0.2, 0.25) is 0 Å². The van der Waals surface area contributed by atoms with Crippen LogP contribution in [0.4, 0.5) is 0 Å². The maximum atomic E-state index is 11.5.